The third-order valence-electron chi connectivity index (χ3n) is 6.81. The Morgan fingerprint density at radius 3 is 2.26 bits per heavy atom. The Hall–Kier alpha value is -4.84. The third kappa shape index (κ3) is 6.81. The van der Waals surface area contributed by atoms with Gasteiger partial charge in [-0.1, -0.05) is 51.1 Å². The van der Waals surface area contributed by atoms with Crippen LogP contribution >= 0.6 is 0 Å². The van der Waals surface area contributed by atoms with Gasteiger partial charge in [-0.2, -0.15) is 0 Å². The van der Waals surface area contributed by atoms with Gasteiger partial charge in [-0.3, -0.25) is 24.2 Å². The van der Waals surface area contributed by atoms with Crippen molar-refractivity contribution in [1.82, 2.24) is 15.6 Å². The van der Waals surface area contributed by atoms with Crippen molar-refractivity contribution in [3.05, 3.63) is 95.3 Å². The van der Waals surface area contributed by atoms with E-state index in [2.05, 4.69) is 20.6 Å². The summed E-state index contributed by atoms with van der Waals surface area (Å²) in [7, 11) is 0. The number of Topliss-reactive ketones (excluding diaryl/α,β-unsaturated/α-hetero) is 1. The molecule has 43 heavy (non-hydrogen) atoms. The molecule has 0 saturated carbocycles. The topological polar surface area (TPSA) is 141 Å². The number of ketones is 1. The average Bonchev–Trinajstić information content (AvgIpc) is 3.07. The molecule has 1 aliphatic heterocycles. The van der Waals surface area contributed by atoms with Crippen molar-refractivity contribution in [2.75, 3.05) is 11.4 Å². The van der Waals surface area contributed by atoms with Crippen LogP contribution < -0.4 is 15.5 Å². The highest BCUT2D eigenvalue weighted by Crippen LogP contribution is 2.29. The number of aliphatic hydroxyl groups is 1. The van der Waals surface area contributed by atoms with E-state index >= 15 is 0 Å². The summed E-state index contributed by atoms with van der Waals surface area (Å²) < 4.78 is 28.2. The van der Waals surface area contributed by atoms with Gasteiger partial charge in [-0.25, -0.2) is 13.8 Å². The van der Waals surface area contributed by atoms with Crippen LogP contribution in [-0.2, 0) is 19.2 Å². The molecular formula is C31H31F2N5O5. The Balaban J connectivity index is 1.65. The number of benzodiazepines with no additional fused rings is 1. The SMILES string of the molecule is C[C@H](NC(=O)C(O)c1c(F)cccc1F)C(=O)NC1N=C(c2ccccn2)c2ccccc2N(CC(=O)C(C)(C)C)C1=O. The smallest absolute Gasteiger partial charge is 0.272 e. The number of fused-ring (bicyclic) bond motifs is 1. The van der Waals surface area contributed by atoms with E-state index in [-0.39, 0.29) is 18.0 Å². The maximum Gasteiger partial charge on any atom is 0.272 e. The normalized spacial score (nSPS) is 16.3. The summed E-state index contributed by atoms with van der Waals surface area (Å²) in [5.74, 6) is -5.34. The number of halogens is 2. The van der Waals surface area contributed by atoms with Crippen LogP contribution in [0.1, 0.15) is 50.6 Å². The van der Waals surface area contributed by atoms with Crippen LogP contribution in [0.25, 0.3) is 0 Å². The Bertz CT molecular complexity index is 1570. The first kappa shape index (κ1) is 31.1. The molecule has 1 aliphatic rings. The van der Waals surface area contributed by atoms with Crippen LogP contribution in [0, 0.1) is 17.0 Å². The summed E-state index contributed by atoms with van der Waals surface area (Å²) in [6.45, 7) is 6.14. The molecule has 2 unspecified atom stereocenters. The Morgan fingerprint density at radius 2 is 1.63 bits per heavy atom. The number of para-hydroxylation sites is 1. The molecule has 2 aromatic carbocycles. The van der Waals surface area contributed by atoms with Gasteiger partial charge in [0.25, 0.3) is 11.8 Å². The van der Waals surface area contributed by atoms with Crippen molar-refractivity contribution >= 4 is 34.9 Å². The molecule has 3 aromatic rings. The largest absolute Gasteiger partial charge is 0.378 e. The number of hydrogen-bond donors (Lipinski definition) is 3. The second kappa shape index (κ2) is 12.6. The number of nitrogens with one attached hydrogen (secondary N) is 2. The highest BCUT2D eigenvalue weighted by molar-refractivity contribution is 6.20. The van der Waals surface area contributed by atoms with E-state index in [0.29, 0.717) is 16.9 Å². The highest BCUT2D eigenvalue weighted by Gasteiger charge is 2.37. The van der Waals surface area contributed by atoms with Crippen molar-refractivity contribution in [3.63, 3.8) is 0 Å². The first-order chi connectivity index (χ1) is 20.3. The van der Waals surface area contributed by atoms with Crippen LogP contribution in [0.2, 0.25) is 0 Å². The van der Waals surface area contributed by atoms with E-state index in [1.807, 2.05) is 0 Å². The summed E-state index contributed by atoms with van der Waals surface area (Å²) in [6.07, 6.45) is -2.24. The first-order valence-electron chi connectivity index (χ1n) is 13.5. The van der Waals surface area contributed by atoms with Crippen molar-refractivity contribution in [3.8, 4) is 0 Å². The van der Waals surface area contributed by atoms with Crippen LogP contribution in [0.15, 0.2) is 71.9 Å². The summed E-state index contributed by atoms with van der Waals surface area (Å²) >= 11 is 0. The number of aromatic nitrogens is 1. The zero-order chi connectivity index (χ0) is 31.5. The predicted molar refractivity (Wildman–Crippen MR) is 154 cm³/mol. The lowest BCUT2D eigenvalue weighted by Gasteiger charge is -2.28. The zero-order valence-electron chi connectivity index (χ0n) is 24.0. The predicted octanol–water partition coefficient (Wildman–Crippen LogP) is 2.84. The first-order valence-corrected chi connectivity index (χ1v) is 13.5. The van der Waals surface area contributed by atoms with E-state index in [1.165, 1.54) is 11.8 Å². The monoisotopic (exact) mass is 591 g/mol. The molecule has 0 spiro atoms. The van der Waals surface area contributed by atoms with Gasteiger partial charge < -0.3 is 20.6 Å². The van der Waals surface area contributed by atoms with E-state index < -0.39 is 58.6 Å². The number of nitrogens with zero attached hydrogens (tertiary/aromatic N) is 3. The molecule has 12 heteroatoms. The molecule has 10 nitrogen and oxygen atoms in total. The molecule has 224 valence electrons. The number of rotatable bonds is 8. The van der Waals surface area contributed by atoms with Gasteiger partial charge in [0, 0.05) is 17.2 Å². The fraction of sp³-hybridized carbons (Fsp3) is 0.290. The van der Waals surface area contributed by atoms with Crippen molar-refractivity contribution < 1.29 is 33.1 Å². The summed E-state index contributed by atoms with van der Waals surface area (Å²) in [6, 6.07) is 13.4. The lowest BCUT2D eigenvalue weighted by atomic mass is 9.90. The maximum absolute atomic E-state index is 14.1. The van der Waals surface area contributed by atoms with Gasteiger partial charge in [0.2, 0.25) is 12.1 Å². The molecule has 2 heterocycles. The number of pyridine rings is 1. The minimum absolute atomic E-state index is 0.239. The number of anilines is 1. The van der Waals surface area contributed by atoms with Crippen LogP contribution in [0.4, 0.5) is 14.5 Å². The molecule has 0 saturated heterocycles. The fourth-order valence-electron chi connectivity index (χ4n) is 4.29. The molecule has 3 N–H and O–H groups in total. The molecule has 3 amide bonds. The number of carbonyl (C=O) groups is 4. The van der Waals surface area contributed by atoms with Crippen molar-refractivity contribution in [2.24, 2.45) is 10.4 Å². The van der Waals surface area contributed by atoms with Crippen LogP contribution in [0.3, 0.4) is 0 Å². The number of benzene rings is 2. The molecule has 0 aliphatic carbocycles. The Morgan fingerprint density at radius 1 is 0.977 bits per heavy atom. The van der Waals surface area contributed by atoms with E-state index in [9.17, 15) is 33.1 Å². The highest BCUT2D eigenvalue weighted by atomic mass is 19.1. The van der Waals surface area contributed by atoms with E-state index in [1.54, 1.807) is 69.4 Å². The van der Waals surface area contributed by atoms with Gasteiger partial charge in [0.05, 0.1) is 29.2 Å². The Labute approximate surface area is 246 Å². The second-order valence-electron chi connectivity index (χ2n) is 11.0. The number of aliphatic imine (C=N–C) groups is 1. The van der Waals surface area contributed by atoms with Gasteiger partial charge in [0.15, 0.2) is 11.9 Å². The lowest BCUT2D eigenvalue weighted by molar-refractivity contribution is -0.135. The van der Waals surface area contributed by atoms with Gasteiger partial charge >= 0.3 is 0 Å². The molecule has 0 radical (unpaired) electrons. The van der Waals surface area contributed by atoms with Crippen LogP contribution in [0.5, 0.6) is 0 Å². The van der Waals surface area contributed by atoms with Gasteiger partial charge in [-0.15, -0.1) is 0 Å². The zero-order valence-corrected chi connectivity index (χ0v) is 24.0. The summed E-state index contributed by atoms with van der Waals surface area (Å²) in [4.78, 5) is 63.0. The van der Waals surface area contributed by atoms with Crippen molar-refractivity contribution in [2.45, 2.75) is 46.0 Å². The fourth-order valence-corrected chi connectivity index (χ4v) is 4.29. The number of amides is 3. The van der Waals surface area contributed by atoms with Crippen LogP contribution in [-0.4, -0.2) is 58.1 Å². The summed E-state index contributed by atoms with van der Waals surface area (Å²) in [5, 5.41) is 15.0. The second-order valence-corrected chi connectivity index (χ2v) is 11.0. The molecule has 0 fully saturated rings. The van der Waals surface area contributed by atoms with E-state index in [4.69, 9.17) is 0 Å². The number of hydrogen-bond acceptors (Lipinski definition) is 7. The average molecular weight is 592 g/mol. The van der Waals surface area contributed by atoms with Crippen molar-refractivity contribution in [1.29, 1.82) is 0 Å². The number of carbonyl (C=O) groups excluding carboxylic acids is 4. The molecule has 0 bridgehead atoms. The molecule has 1 aromatic heterocycles. The lowest BCUT2D eigenvalue weighted by Crippen LogP contribution is -2.54. The molecular weight excluding hydrogens is 560 g/mol. The Kier molecular flexibility index (Phi) is 9.10. The molecule has 4 rings (SSSR count). The van der Waals surface area contributed by atoms with E-state index in [0.717, 1.165) is 18.2 Å². The maximum atomic E-state index is 14.1. The third-order valence-corrected chi connectivity index (χ3v) is 6.81. The number of aliphatic hydroxyl groups excluding tert-OH is 1. The minimum atomic E-state index is -2.24. The standard InChI is InChI=1S/C31H31F2N5O5/c1-17(35-29(42)26(40)24-19(32)11-9-12-20(24)33)28(41)37-27-30(43)38(16-23(39)31(2,3)4)22-14-6-5-10-18(22)25(36-27)21-13-7-8-15-34-21/h5-15,17,26-27,40H,16H2,1-4H3,(H,35,42)(H,37,41)/t17-,26?,27?/m0/s1. The minimum Gasteiger partial charge on any atom is -0.378 e. The summed E-state index contributed by atoms with van der Waals surface area (Å²) in [5.41, 5.74) is -0.0624. The quantitative estimate of drug-likeness (QED) is 0.368. The van der Waals surface area contributed by atoms with Gasteiger partial charge in [0.1, 0.15) is 17.7 Å². The van der Waals surface area contributed by atoms with Gasteiger partial charge in [-0.05, 0) is 37.3 Å². The molecule has 3 atom stereocenters.